The van der Waals surface area contributed by atoms with E-state index in [1.54, 1.807) is 0 Å². The number of aryl methyl sites for hydroxylation is 1. The van der Waals surface area contributed by atoms with Gasteiger partial charge < -0.3 is 5.32 Å². The van der Waals surface area contributed by atoms with Crippen LogP contribution in [-0.2, 0) is 15.6 Å². The second kappa shape index (κ2) is 7.41. The smallest absolute Gasteiger partial charge is 0.156 e. The average Bonchev–Trinajstić information content (AvgIpc) is 2.35. The molecule has 1 rings (SSSR count). The molecule has 0 saturated heterocycles. The molecule has 120 valence electrons. The van der Waals surface area contributed by atoms with Crippen LogP contribution in [0.5, 0.6) is 0 Å². The van der Waals surface area contributed by atoms with Gasteiger partial charge in [-0.25, -0.2) is 8.42 Å². The minimum absolute atomic E-state index is 0.0218. The van der Waals surface area contributed by atoms with E-state index in [0.29, 0.717) is 0 Å². The van der Waals surface area contributed by atoms with Crippen LogP contribution >= 0.6 is 0 Å². The van der Waals surface area contributed by atoms with Crippen molar-refractivity contribution in [2.24, 2.45) is 5.41 Å². The Hall–Kier alpha value is -0.870. The summed E-state index contributed by atoms with van der Waals surface area (Å²) in [5.41, 5.74) is 1.86. The van der Waals surface area contributed by atoms with E-state index in [1.807, 2.05) is 31.2 Å². The molecule has 0 bridgehead atoms. The maximum absolute atomic E-state index is 12.5. The van der Waals surface area contributed by atoms with Crippen molar-refractivity contribution in [2.75, 3.05) is 12.3 Å². The Labute approximate surface area is 130 Å². The molecular formula is C17H29NO2S. The molecule has 3 nitrogen and oxygen atoms in total. The molecule has 1 unspecified atom stereocenters. The Balaban J connectivity index is 2.84. The van der Waals surface area contributed by atoms with E-state index in [4.69, 9.17) is 0 Å². The zero-order valence-corrected chi connectivity index (χ0v) is 14.8. The molecule has 0 fully saturated rings. The lowest BCUT2D eigenvalue weighted by Gasteiger charge is -2.31. The van der Waals surface area contributed by atoms with Gasteiger partial charge in [-0.1, -0.05) is 52.0 Å². The highest BCUT2D eigenvalue weighted by atomic mass is 32.2. The van der Waals surface area contributed by atoms with Gasteiger partial charge in [0.05, 0.1) is 11.5 Å². The number of sulfone groups is 1. The summed E-state index contributed by atoms with van der Waals surface area (Å²) in [5.74, 6) is 0.310. The van der Waals surface area contributed by atoms with E-state index in [1.165, 1.54) is 0 Å². The fourth-order valence-electron chi connectivity index (χ4n) is 2.26. The van der Waals surface area contributed by atoms with Crippen molar-refractivity contribution in [3.05, 3.63) is 35.4 Å². The largest absolute Gasteiger partial charge is 0.312 e. The normalized spacial score (nSPS) is 14.1. The Morgan fingerprint density at radius 2 is 1.81 bits per heavy atom. The first-order valence-corrected chi connectivity index (χ1v) is 9.46. The molecule has 1 atom stereocenters. The third-order valence-corrected chi connectivity index (χ3v) is 5.34. The SMILES string of the molecule is CCCNC(CS(=O)(=O)Cc1ccccc1C)C(C)(C)C. The second-order valence-electron chi connectivity index (χ2n) is 6.85. The predicted molar refractivity (Wildman–Crippen MR) is 90.2 cm³/mol. The minimum Gasteiger partial charge on any atom is -0.312 e. The Morgan fingerprint density at radius 1 is 1.19 bits per heavy atom. The maximum Gasteiger partial charge on any atom is 0.156 e. The van der Waals surface area contributed by atoms with Gasteiger partial charge in [0.15, 0.2) is 9.84 Å². The van der Waals surface area contributed by atoms with Crippen LogP contribution in [0.4, 0.5) is 0 Å². The first-order valence-electron chi connectivity index (χ1n) is 7.64. The third-order valence-electron chi connectivity index (χ3n) is 3.74. The van der Waals surface area contributed by atoms with Crippen molar-refractivity contribution in [2.45, 2.75) is 52.8 Å². The minimum atomic E-state index is -3.13. The van der Waals surface area contributed by atoms with Crippen LogP contribution in [-0.4, -0.2) is 26.8 Å². The molecule has 0 amide bonds. The van der Waals surface area contributed by atoms with E-state index in [2.05, 4.69) is 33.0 Å². The number of hydrogen-bond acceptors (Lipinski definition) is 3. The monoisotopic (exact) mass is 311 g/mol. The van der Waals surface area contributed by atoms with Crippen molar-refractivity contribution in [3.63, 3.8) is 0 Å². The van der Waals surface area contributed by atoms with Gasteiger partial charge in [-0.15, -0.1) is 0 Å². The van der Waals surface area contributed by atoms with Crippen LogP contribution < -0.4 is 5.32 Å². The number of rotatable bonds is 7. The molecular weight excluding hydrogens is 282 g/mol. The van der Waals surface area contributed by atoms with Crippen LogP contribution in [0.25, 0.3) is 0 Å². The summed E-state index contributed by atoms with van der Waals surface area (Å²) in [4.78, 5) is 0. The fraction of sp³-hybridized carbons (Fsp3) is 0.647. The molecule has 1 aromatic rings. The summed E-state index contributed by atoms with van der Waals surface area (Å²) in [7, 11) is -3.13. The van der Waals surface area contributed by atoms with Gasteiger partial charge in [0, 0.05) is 6.04 Å². The molecule has 0 spiro atoms. The van der Waals surface area contributed by atoms with Gasteiger partial charge in [0.25, 0.3) is 0 Å². The van der Waals surface area contributed by atoms with Gasteiger partial charge in [-0.3, -0.25) is 0 Å². The Kier molecular flexibility index (Phi) is 6.41. The van der Waals surface area contributed by atoms with E-state index >= 15 is 0 Å². The summed E-state index contributed by atoms with van der Waals surface area (Å²) in [6.45, 7) is 11.2. The van der Waals surface area contributed by atoms with Gasteiger partial charge in [-0.2, -0.15) is 0 Å². The predicted octanol–water partition coefficient (Wildman–Crippen LogP) is 3.32. The van der Waals surface area contributed by atoms with Crippen LogP contribution in [0.2, 0.25) is 0 Å². The standard InChI is InChI=1S/C17H29NO2S/c1-6-11-18-16(17(3,4)5)13-21(19,20)12-15-10-8-7-9-14(15)2/h7-10,16,18H,6,11-13H2,1-5H3. The lowest BCUT2D eigenvalue weighted by Crippen LogP contribution is -2.45. The van der Waals surface area contributed by atoms with E-state index < -0.39 is 9.84 Å². The molecule has 0 saturated carbocycles. The first kappa shape index (κ1) is 18.2. The highest BCUT2D eigenvalue weighted by Crippen LogP contribution is 2.22. The molecule has 0 aliphatic carbocycles. The zero-order valence-electron chi connectivity index (χ0n) is 13.9. The summed E-state index contributed by atoms with van der Waals surface area (Å²) in [6, 6.07) is 7.67. The van der Waals surface area contributed by atoms with Gasteiger partial charge >= 0.3 is 0 Å². The topological polar surface area (TPSA) is 46.2 Å². The molecule has 0 heterocycles. The lowest BCUT2D eigenvalue weighted by molar-refractivity contribution is 0.288. The number of nitrogens with one attached hydrogen (secondary N) is 1. The van der Waals surface area contributed by atoms with Crippen LogP contribution in [0, 0.1) is 12.3 Å². The zero-order chi connectivity index (χ0) is 16.1. The second-order valence-corrected chi connectivity index (χ2v) is 8.96. The molecule has 0 aliphatic heterocycles. The lowest BCUT2D eigenvalue weighted by atomic mass is 9.88. The van der Waals surface area contributed by atoms with Crippen LogP contribution in [0.3, 0.4) is 0 Å². The molecule has 4 heteroatoms. The van der Waals surface area contributed by atoms with E-state index in [9.17, 15) is 8.42 Å². The Bertz CT molecular complexity index is 544. The van der Waals surface area contributed by atoms with Crippen molar-refractivity contribution in [1.82, 2.24) is 5.32 Å². The molecule has 1 aromatic carbocycles. The number of benzene rings is 1. The van der Waals surface area contributed by atoms with Crippen LogP contribution in [0.15, 0.2) is 24.3 Å². The molecule has 1 N–H and O–H groups in total. The molecule has 0 aromatic heterocycles. The van der Waals surface area contributed by atoms with Crippen molar-refractivity contribution in [1.29, 1.82) is 0 Å². The van der Waals surface area contributed by atoms with Crippen LogP contribution in [0.1, 0.15) is 45.2 Å². The molecule has 0 radical (unpaired) electrons. The van der Waals surface area contributed by atoms with Crippen molar-refractivity contribution < 1.29 is 8.42 Å². The summed E-state index contributed by atoms with van der Waals surface area (Å²) < 4.78 is 25.1. The van der Waals surface area contributed by atoms with E-state index in [0.717, 1.165) is 24.1 Å². The highest BCUT2D eigenvalue weighted by Gasteiger charge is 2.29. The number of hydrogen-bond donors (Lipinski definition) is 1. The average molecular weight is 311 g/mol. The quantitative estimate of drug-likeness (QED) is 0.840. The van der Waals surface area contributed by atoms with Crippen molar-refractivity contribution in [3.8, 4) is 0 Å². The summed E-state index contributed by atoms with van der Waals surface area (Å²) in [5, 5.41) is 3.39. The fourth-order valence-corrected chi connectivity index (χ4v) is 4.30. The summed E-state index contributed by atoms with van der Waals surface area (Å²) >= 11 is 0. The third kappa shape index (κ3) is 6.18. The maximum atomic E-state index is 12.5. The Morgan fingerprint density at radius 3 is 2.33 bits per heavy atom. The van der Waals surface area contributed by atoms with E-state index in [-0.39, 0.29) is 23.0 Å². The van der Waals surface area contributed by atoms with Gasteiger partial charge in [0.1, 0.15) is 0 Å². The van der Waals surface area contributed by atoms with Gasteiger partial charge in [0.2, 0.25) is 0 Å². The molecule has 0 aliphatic rings. The van der Waals surface area contributed by atoms with Crippen molar-refractivity contribution >= 4 is 9.84 Å². The summed E-state index contributed by atoms with van der Waals surface area (Å²) in [6.07, 6.45) is 1.00. The van der Waals surface area contributed by atoms with Gasteiger partial charge in [-0.05, 0) is 36.4 Å². The first-order chi connectivity index (χ1) is 9.65. The highest BCUT2D eigenvalue weighted by molar-refractivity contribution is 7.90. The molecule has 21 heavy (non-hydrogen) atoms.